The van der Waals surface area contributed by atoms with Gasteiger partial charge in [0.1, 0.15) is 17.8 Å². The number of carbonyl (C=O) groups is 2. The van der Waals surface area contributed by atoms with E-state index in [1.54, 1.807) is 0 Å². The molecule has 4 fully saturated rings. The zero-order valence-corrected chi connectivity index (χ0v) is 19.7. The van der Waals surface area contributed by atoms with Crippen LogP contribution < -0.4 is 0 Å². The van der Waals surface area contributed by atoms with Crippen LogP contribution in [0.2, 0.25) is 0 Å². The molecule has 5 rings (SSSR count). The molecule has 11 atom stereocenters. The number of aliphatic hydroxyl groups excluding tert-OH is 3. The van der Waals surface area contributed by atoms with E-state index >= 15 is 0 Å². The highest BCUT2D eigenvalue weighted by Crippen LogP contribution is 2.66. The van der Waals surface area contributed by atoms with Crippen LogP contribution in [0.25, 0.3) is 0 Å². The van der Waals surface area contributed by atoms with Gasteiger partial charge in [-0.1, -0.05) is 18.4 Å². The molecule has 11 unspecified atom stereocenters. The van der Waals surface area contributed by atoms with E-state index in [1.807, 2.05) is 6.08 Å². The zero-order chi connectivity index (χ0) is 24.4. The molecule has 0 aromatic carbocycles. The Hall–Kier alpha value is -1.72. The third-order valence-electron chi connectivity index (χ3n) is 10.3. The predicted molar refractivity (Wildman–Crippen MR) is 122 cm³/mol. The maximum absolute atomic E-state index is 12.0. The lowest BCUT2D eigenvalue weighted by Crippen LogP contribution is -2.60. The molecule has 4 saturated carbocycles. The van der Waals surface area contributed by atoms with Crippen LogP contribution in [0.15, 0.2) is 11.6 Å². The summed E-state index contributed by atoms with van der Waals surface area (Å²) in [5.74, 6) is 2.62. The molecular weight excluding hydrogens is 436 g/mol. The van der Waals surface area contributed by atoms with Crippen molar-refractivity contribution in [2.75, 3.05) is 0 Å². The first kappa shape index (κ1) is 24.0. The number of allylic oxidation sites excluding steroid dienone is 1. The van der Waals surface area contributed by atoms with Gasteiger partial charge in [0.15, 0.2) is 5.78 Å². The fourth-order valence-electron chi connectivity index (χ4n) is 8.46. The molecule has 0 aliphatic heterocycles. The molecule has 4 N–H and O–H groups in total. The number of aliphatic hydroxyl groups is 3. The molecule has 0 bridgehead atoms. The van der Waals surface area contributed by atoms with Gasteiger partial charge in [0.25, 0.3) is 0 Å². The van der Waals surface area contributed by atoms with Crippen LogP contribution in [-0.2, 0) is 14.3 Å². The van der Waals surface area contributed by atoms with E-state index in [9.17, 15) is 30.0 Å². The summed E-state index contributed by atoms with van der Waals surface area (Å²) in [5.41, 5.74) is 0.0441. The standard InChI is InChI=1S/C27H36O7/c1-3-27(34-21-13-19(25(32)33)22(29)24(31)23(21)30)11-9-20-18-6-4-14-12-15(28)5-7-16(14)17(18)8-10-26(20,27)2/h1,12,16-24,29-31H,4-11,13H2,2H3,(H,32,33). The minimum absolute atomic E-state index is 0.102. The lowest BCUT2D eigenvalue weighted by Gasteiger charge is -2.56. The predicted octanol–water partition coefficient (Wildman–Crippen LogP) is 2.07. The first-order valence-corrected chi connectivity index (χ1v) is 12.8. The SMILES string of the molecule is C#CC1(OC2CC(C(=O)O)C(O)C(O)C2O)CCC2C3CCC4=CC(=O)CCC4C3CCC21C. The fourth-order valence-corrected chi connectivity index (χ4v) is 8.46. The average molecular weight is 473 g/mol. The number of carboxylic acids is 1. The van der Waals surface area contributed by atoms with Crippen LogP contribution in [0.4, 0.5) is 0 Å². The highest BCUT2D eigenvalue weighted by molar-refractivity contribution is 5.91. The Morgan fingerprint density at radius 1 is 1.06 bits per heavy atom. The quantitative estimate of drug-likeness (QED) is 0.464. The van der Waals surface area contributed by atoms with Crippen molar-refractivity contribution in [1.29, 1.82) is 0 Å². The van der Waals surface area contributed by atoms with Crippen molar-refractivity contribution >= 4 is 11.8 Å². The molecule has 34 heavy (non-hydrogen) atoms. The third-order valence-corrected chi connectivity index (χ3v) is 10.3. The van der Waals surface area contributed by atoms with Gasteiger partial charge in [-0.25, -0.2) is 0 Å². The van der Waals surface area contributed by atoms with Crippen molar-refractivity contribution in [2.45, 2.75) is 94.7 Å². The molecule has 0 aromatic heterocycles. The Balaban J connectivity index is 1.40. The van der Waals surface area contributed by atoms with Gasteiger partial charge in [-0.3, -0.25) is 9.59 Å². The molecule has 7 nitrogen and oxygen atoms in total. The number of ether oxygens (including phenoxy) is 1. The first-order valence-electron chi connectivity index (χ1n) is 12.8. The third kappa shape index (κ3) is 3.41. The van der Waals surface area contributed by atoms with Gasteiger partial charge in [0.05, 0.1) is 18.1 Å². The Kier molecular flexibility index (Phi) is 5.96. The Morgan fingerprint density at radius 2 is 1.82 bits per heavy atom. The van der Waals surface area contributed by atoms with E-state index in [0.717, 1.165) is 38.5 Å². The summed E-state index contributed by atoms with van der Waals surface area (Å²) >= 11 is 0. The minimum atomic E-state index is -1.60. The highest BCUT2D eigenvalue weighted by atomic mass is 16.5. The molecule has 186 valence electrons. The molecule has 0 radical (unpaired) electrons. The maximum atomic E-state index is 12.0. The van der Waals surface area contributed by atoms with E-state index in [2.05, 4.69) is 12.8 Å². The number of terminal acetylenes is 1. The number of aliphatic carboxylic acids is 1. The molecular formula is C27H36O7. The zero-order valence-electron chi connectivity index (χ0n) is 19.7. The summed E-state index contributed by atoms with van der Waals surface area (Å²) in [6, 6.07) is 0. The Morgan fingerprint density at radius 3 is 2.53 bits per heavy atom. The van der Waals surface area contributed by atoms with Gasteiger partial charge < -0.3 is 25.2 Å². The summed E-state index contributed by atoms with van der Waals surface area (Å²) in [5, 5.41) is 40.6. The van der Waals surface area contributed by atoms with E-state index in [1.165, 1.54) is 5.57 Å². The van der Waals surface area contributed by atoms with Crippen LogP contribution in [0.5, 0.6) is 0 Å². The molecule has 0 aromatic rings. The number of ketones is 1. The number of carboxylic acid groups (broad SMARTS) is 1. The summed E-state index contributed by atoms with van der Waals surface area (Å²) < 4.78 is 6.50. The second-order valence-corrected chi connectivity index (χ2v) is 11.6. The smallest absolute Gasteiger partial charge is 0.309 e. The summed E-state index contributed by atoms with van der Waals surface area (Å²) in [7, 11) is 0. The second kappa shape index (κ2) is 8.44. The van der Waals surface area contributed by atoms with Crippen molar-refractivity contribution in [1.82, 2.24) is 0 Å². The largest absolute Gasteiger partial charge is 0.481 e. The van der Waals surface area contributed by atoms with Gasteiger partial charge in [-0.15, -0.1) is 6.42 Å². The molecule has 5 aliphatic carbocycles. The number of hydrogen-bond donors (Lipinski definition) is 4. The number of hydrogen-bond acceptors (Lipinski definition) is 6. The van der Waals surface area contributed by atoms with Gasteiger partial charge in [-0.2, -0.15) is 0 Å². The average Bonchev–Trinajstić information content (AvgIpc) is 3.11. The monoisotopic (exact) mass is 472 g/mol. The van der Waals surface area contributed by atoms with Crippen LogP contribution in [0.1, 0.15) is 64.7 Å². The molecule has 7 heteroatoms. The number of carbonyl (C=O) groups excluding carboxylic acids is 1. The maximum Gasteiger partial charge on any atom is 0.309 e. The van der Waals surface area contributed by atoms with E-state index in [4.69, 9.17) is 11.2 Å². The van der Waals surface area contributed by atoms with Gasteiger partial charge in [0.2, 0.25) is 0 Å². The van der Waals surface area contributed by atoms with E-state index < -0.39 is 41.9 Å². The van der Waals surface area contributed by atoms with Gasteiger partial charge >= 0.3 is 5.97 Å². The fraction of sp³-hybridized carbons (Fsp3) is 0.778. The number of fused-ring (bicyclic) bond motifs is 5. The van der Waals surface area contributed by atoms with Crippen molar-refractivity contribution < 1.29 is 34.8 Å². The first-order chi connectivity index (χ1) is 16.1. The normalized spacial score (nSPS) is 50.4. The van der Waals surface area contributed by atoms with Crippen molar-refractivity contribution in [3.05, 3.63) is 11.6 Å². The van der Waals surface area contributed by atoms with Crippen LogP contribution in [-0.4, -0.2) is 62.2 Å². The van der Waals surface area contributed by atoms with Crippen LogP contribution in [0.3, 0.4) is 0 Å². The lowest BCUT2D eigenvalue weighted by atomic mass is 9.50. The summed E-state index contributed by atoms with van der Waals surface area (Å²) in [6.45, 7) is 2.19. The molecule has 0 saturated heterocycles. The van der Waals surface area contributed by atoms with E-state index in [-0.39, 0.29) is 17.6 Å². The lowest BCUT2D eigenvalue weighted by molar-refractivity contribution is -0.224. The van der Waals surface area contributed by atoms with Crippen molar-refractivity contribution in [2.24, 2.45) is 35.0 Å². The molecule has 5 aliphatic rings. The van der Waals surface area contributed by atoms with Crippen LogP contribution in [0, 0.1) is 47.3 Å². The van der Waals surface area contributed by atoms with Gasteiger partial charge in [0, 0.05) is 11.8 Å². The van der Waals surface area contributed by atoms with Crippen LogP contribution >= 0.6 is 0 Å². The Labute approximate surface area is 200 Å². The second-order valence-electron chi connectivity index (χ2n) is 11.6. The Bertz CT molecular complexity index is 936. The van der Waals surface area contributed by atoms with Gasteiger partial charge in [-0.05, 0) is 81.1 Å². The summed E-state index contributed by atoms with van der Waals surface area (Å²) in [6.07, 6.45) is 9.39. The molecule has 0 heterocycles. The molecule has 0 spiro atoms. The summed E-state index contributed by atoms with van der Waals surface area (Å²) in [4.78, 5) is 23.6. The number of rotatable bonds is 3. The van der Waals surface area contributed by atoms with Crippen molar-refractivity contribution in [3.63, 3.8) is 0 Å². The minimum Gasteiger partial charge on any atom is -0.481 e. The van der Waals surface area contributed by atoms with E-state index in [0.29, 0.717) is 36.5 Å². The highest BCUT2D eigenvalue weighted by Gasteiger charge is 2.64. The van der Waals surface area contributed by atoms with Crippen molar-refractivity contribution in [3.8, 4) is 12.3 Å². The topological polar surface area (TPSA) is 124 Å². The molecule has 0 amide bonds.